The molecule has 0 saturated carbocycles. The molecule has 0 aliphatic heterocycles. The topological polar surface area (TPSA) is 122 Å². The highest BCUT2D eigenvalue weighted by Crippen LogP contribution is 2.27. The van der Waals surface area contributed by atoms with Gasteiger partial charge in [-0.05, 0) is 17.7 Å². The highest BCUT2D eigenvalue weighted by molar-refractivity contribution is 5.99. The fourth-order valence-corrected chi connectivity index (χ4v) is 2.61. The molecule has 2 aromatic heterocycles. The molecule has 2 N–H and O–H groups in total. The maximum Gasteiger partial charge on any atom is 0.269 e. The van der Waals surface area contributed by atoms with E-state index >= 15 is 0 Å². The van der Waals surface area contributed by atoms with Crippen molar-refractivity contribution in [3.8, 4) is 11.5 Å². The number of nitro benzene ring substituents is 1. The average molecular weight is 359 g/mol. The molecule has 9 nitrogen and oxygen atoms in total. The fraction of sp³-hybridized carbons (Fsp3) is 0. The van der Waals surface area contributed by atoms with Gasteiger partial charge < -0.3 is 4.98 Å². The van der Waals surface area contributed by atoms with Crippen LogP contribution >= 0.6 is 0 Å². The molecule has 0 atom stereocenters. The zero-order valence-electron chi connectivity index (χ0n) is 13.9. The summed E-state index contributed by atoms with van der Waals surface area (Å²) in [7, 11) is 0. The van der Waals surface area contributed by atoms with Gasteiger partial charge in [0.2, 0.25) is 0 Å². The summed E-state index contributed by atoms with van der Waals surface area (Å²) in [4.78, 5) is 17.5. The first-order valence-electron chi connectivity index (χ1n) is 8.01. The summed E-state index contributed by atoms with van der Waals surface area (Å²) in [5, 5.41) is 25.0. The number of hydrogen-bond acceptors (Lipinski definition) is 7. The maximum absolute atomic E-state index is 10.7. The van der Waals surface area contributed by atoms with Gasteiger partial charge in [0.25, 0.3) is 5.69 Å². The molecular formula is C18H13N7O2. The van der Waals surface area contributed by atoms with Crippen LogP contribution in [0.15, 0.2) is 66.0 Å². The summed E-state index contributed by atoms with van der Waals surface area (Å²) in [6, 6.07) is 13.8. The lowest BCUT2D eigenvalue weighted by molar-refractivity contribution is -0.384. The van der Waals surface area contributed by atoms with E-state index in [0.717, 1.165) is 16.3 Å². The van der Waals surface area contributed by atoms with Crippen molar-refractivity contribution in [3.63, 3.8) is 0 Å². The van der Waals surface area contributed by atoms with Crippen molar-refractivity contribution in [1.82, 2.24) is 20.2 Å². The first-order chi connectivity index (χ1) is 13.2. The van der Waals surface area contributed by atoms with Gasteiger partial charge in [0.05, 0.1) is 11.1 Å². The minimum Gasteiger partial charge on any atom is -0.343 e. The Morgan fingerprint density at radius 3 is 2.56 bits per heavy atom. The van der Waals surface area contributed by atoms with Gasteiger partial charge in [-0.1, -0.05) is 24.3 Å². The van der Waals surface area contributed by atoms with Crippen molar-refractivity contribution in [2.45, 2.75) is 0 Å². The molecule has 0 bridgehead atoms. The van der Waals surface area contributed by atoms with E-state index in [4.69, 9.17) is 0 Å². The van der Waals surface area contributed by atoms with Gasteiger partial charge in [0, 0.05) is 35.3 Å². The number of nitrogens with zero attached hydrogens (tertiary/aromatic N) is 5. The first-order valence-corrected chi connectivity index (χ1v) is 8.01. The number of anilines is 1. The van der Waals surface area contributed by atoms with Crippen LogP contribution in [0.1, 0.15) is 5.56 Å². The smallest absolute Gasteiger partial charge is 0.269 e. The van der Waals surface area contributed by atoms with Gasteiger partial charge in [0.1, 0.15) is 5.69 Å². The lowest BCUT2D eigenvalue weighted by atomic mass is 10.1. The maximum atomic E-state index is 10.7. The van der Waals surface area contributed by atoms with E-state index in [0.29, 0.717) is 17.3 Å². The van der Waals surface area contributed by atoms with Crippen molar-refractivity contribution in [1.29, 1.82) is 0 Å². The zero-order chi connectivity index (χ0) is 18.6. The number of non-ortho nitro benzene ring substituents is 1. The van der Waals surface area contributed by atoms with E-state index in [2.05, 4.69) is 30.7 Å². The molecule has 9 heteroatoms. The van der Waals surface area contributed by atoms with Gasteiger partial charge >= 0.3 is 0 Å². The molecule has 27 heavy (non-hydrogen) atoms. The molecule has 0 fully saturated rings. The standard InChI is InChI=1S/C18H13N7O2/c26-25(27)13-7-5-12(6-8-13)11-21-23-17-15-4-2-1-3-14(15)16(22-24-17)18-19-9-10-20-18/h1-11H,(H,19,20)(H,23,24). The Labute approximate surface area is 152 Å². The summed E-state index contributed by atoms with van der Waals surface area (Å²) in [6.45, 7) is 0. The Bertz CT molecular complexity index is 1120. The molecule has 132 valence electrons. The third-order valence-corrected chi connectivity index (χ3v) is 3.90. The number of nitro groups is 1. The van der Waals surface area contributed by atoms with Crippen LogP contribution in [0.25, 0.3) is 22.3 Å². The van der Waals surface area contributed by atoms with Crippen LogP contribution in [0.2, 0.25) is 0 Å². The SMILES string of the molecule is O=[N+]([O-])c1ccc(C=NNc2nnc(-c3ncc[nH]3)c3ccccc23)cc1. The van der Waals surface area contributed by atoms with E-state index in [9.17, 15) is 10.1 Å². The lowest BCUT2D eigenvalue weighted by Gasteiger charge is -2.07. The molecule has 0 saturated heterocycles. The predicted octanol–water partition coefficient (Wildman–Crippen LogP) is 3.37. The molecule has 0 spiro atoms. The van der Waals surface area contributed by atoms with E-state index in [1.165, 1.54) is 12.1 Å². The summed E-state index contributed by atoms with van der Waals surface area (Å²) in [5.41, 5.74) is 4.28. The number of rotatable bonds is 5. The molecule has 0 aliphatic carbocycles. The number of hydrogen-bond donors (Lipinski definition) is 2. The highest BCUT2D eigenvalue weighted by Gasteiger charge is 2.11. The van der Waals surface area contributed by atoms with Crippen LogP contribution in [0.5, 0.6) is 0 Å². The minimum atomic E-state index is -0.443. The Hall–Kier alpha value is -4.14. The third kappa shape index (κ3) is 3.33. The van der Waals surface area contributed by atoms with Gasteiger partial charge in [-0.2, -0.15) is 5.10 Å². The molecule has 4 aromatic rings. The van der Waals surface area contributed by atoms with Gasteiger partial charge in [0.15, 0.2) is 11.6 Å². The molecule has 0 unspecified atom stereocenters. The Kier molecular flexibility index (Phi) is 4.24. The molecular weight excluding hydrogens is 346 g/mol. The lowest BCUT2D eigenvalue weighted by Crippen LogP contribution is -1.99. The van der Waals surface area contributed by atoms with Crippen LogP contribution in [0.4, 0.5) is 11.5 Å². The Balaban J connectivity index is 1.61. The van der Waals surface area contributed by atoms with Crippen molar-refractivity contribution < 1.29 is 4.92 Å². The quantitative estimate of drug-likeness (QED) is 0.320. The fourth-order valence-electron chi connectivity index (χ4n) is 2.61. The van der Waals surface area contributed by atoms with Crippen LogP contribution < -0.4 is 5.43 Å². The number of nitrogens with one attached hydrogen (secondary N) is 2. The number of aromatic amines is 1. The molecule has 0 amide bonds. The zero-order valence-corrected chi connectivity index (χ0v) is 13.9. The second-order valence-electron chi connectivity index (χ2n) is 5.60. The van der Waals surface area contributed by atoms with E-state index in [-0.39, 0.29) is 5.69 Å². The number of H-pyrrole nitrogens is 1. The Morgan fingerprint density at radius 1 is 1.07 bits per heavy atom. The number of benzene rings is 2. The first kappa shape index (κ1) is 16.3. The monoisotopic (exact) mass is 359 g/mol. The minimum absolute atomic E-state index is 0.0329. The second kappa shape index (κ2) is 7.00. The highest BCUT2D eigenvalue weighted by atomic mass is 16.6. The third-order valence-electron chi connectivity index (χ3n) is 3.90. The summed E-state index contributed by atoms with van der Waals surface area (Å²) in [6.07, 6.45) is 4.94. The van der Waals surface area contributed by atoms with Crippen LogP contribution in [0.3, 0.4) is 0 Å². The molecule has 2 aromatic carbocycles. The summed E-state index contributed by atoms with van der Waals surface area (Å²) < 4.78 is 0. The molecule has 0 radical (unpaired) electrons. The van der Waals surface area contributed by atoms with Crippen molar-refractivity contribution in [2.75, 3.05) is 5.43 Å². The normalized spacial score (nSPS) is 11.1. The second-order valence-corrected chi connectivity index (χ2v) is 5.60. The van der Waals surface area contributed by atoms with Crippen molar-refractivity contribution in [3.05, 3.63) is 76.6 Å². The van der Waals surface area contributed by atoms with Crippen LogP contribution in [-0.2, 0) is 0 Å². The van der Waals surface area contributed by atoms with Crippen molar-refractivity contribution in [2.24, 2.45) is 5.10 Å². The Morgan fingerprint density at radius 2 is 1.85 bits per heavy atom. The number of fused-ring (bicyclic) bond motifs is 1. The summed E-state index contributed by atoms with van der Waals surface area (Å²) in [5.74, 6) is 1.14. The van der Waals surface area contributed by atoms with Crippen molar-refractivity contribution >= 4 is 28.5 Å². The van der Waals surface area contributed by atoms with E-state index < -0.39 is 4.92 Å². The number of aromatic nitrogens is 4. The number of imidazole rings is 1. The van der Waals surface area contributed by atoms with E-state index in [1.54, 1.807) is 30.7 Å². The molecule has 2 heterocycles. The van der Waals surface area contributed by atoms with Crippen LogP contribution in [-0.4, -0.2) is 31.3 Å². The van der Waals surface area contributed by atoms with Gasteiger partial charge in [-0.3, -0.25) is 15.5 Å². The average Bonchev–Trinajstić information content (AvgIpc) is 3.23. The molecule has 0 aliphatic rings. The number of hydrazone groups is 1. The predicted molar refractivity (Wildman–Crippen MR) is 101 cm³/mol. The molecule has 4 rings (SSSR count). The van der Waals surface area contributed by atoms with Gasteiger partial charge in [-0.15, -0.1) is 10.2 Å². The van der Waals surface area contributed by atoms with Crippen LogP contribution in [0, 0.1) is 10.1 Å². The summed E-state index contributed by atoms with van der Waals surface area (Å²) >= 11 is 0. The largest absolute Gasteiger partial charge is 0.343 e. The van der Waals surface area contributed by atoms with E-state index in [1.807, 2.05) is 24.3 Å². The van der Waals surface area contributed by atoms with Gasteiger partial charge in [-0.25, -0.2) is 4.98 Å².